The number of anilines is 2. The SMILES string of the molecule is CC(NC(=O)C1Cc2cc(C(F)(F)F)ccc2N2CCN(c3ccccc3F)CC12)c1ccccc1. The Morgan fingerprint density at radius 3 is 2.42 bits per heavy atom. The quantitative estimate of drug-likeness (QED) is 0.478. The van der Waals surface area contributed by atoms with E-state index in [2.05, 4.69) is 5.32 Å². The third kappa shape index (κ3) is 4.64. The summed E-state index contributed by atoms with van der Waals surface area (Å²) < 4.78 is 54.9. The molecule has 0 saturated carbocycles. The van der Waals surface area contributed by atoms with Crippen LogP contribution in [0.5, 0.6) is 0 Å². The van der Waals surface area contributed by atoms with Gasteiger partial charge < -0.3 is 15.1 Å². The molecule has 1 fully saturated rings. The number of carbonyl (C=O) groups excluding carboxylic acids is 1. The Kier molecular flexibility index (Phi) is 6.36. The number of rotatable bonds is 4. The summed E-state index contributed by atoms with van der Waals surface area (Å²) in [5.74, 6) is -1.16. The Morgan fingerprint density at radius 1 is 0.972 bits per heavy atom. The molecule has 0 radical (unpaired) electrons. The van der Waals surface area contributed by atoms with Gasteiger partial charge in [0.2, 0.25) is 5.91 Å². The lowest BCUT2D eigenvalue weighted by molar-refractivity contribution is -0.137. The third-order valence-corrected chi connectivity index (χ3v) is 7.23. The van der Waals surface area contributed by atoms with Crippen LogP contribution >= 0.6 is 0 Å². The van der Waals surface area contributed by atoms with E-state index >= 15 is 0 Å². The van der Waals surface area contributed by atoms with E-state index < -0.39 is 17.7 Å². The summed E-state index contributed by atoms with van der Waals surface area (Å²) in [6.07, 6.45) is -4.28. The predicted octanol–water partition coefficient (Wildman–Crippen LogP) is 5.59. The van der Waals surface area contributed by atoms with Gasteiger partial charge in [-0.05, 0) is 54.8 Å². The van der Waals surface area contributed by atoms with E-state index in [1.807, 2.05) is 47.1 Å². The summed E-state index contributed by atoms with van der Waals surface area (Å²) in [6.45, 7) is 3.23. The van der Waals surface area contributed by atoms with Gasteiger partial charge in [-0.15, -0.1) is 0 Å². The minimum Gasteiger partial charge on any atom is -0.365 e. The number of alkyl halides is 3. The standard InChI is InChI=1S/C28H27F4N3O/c1-18(19-7-3-2-4-8-19)33-27(36)22-16-20-15-21(28(30,31)32)11-12-24(20)35-14-13-34(17-26(22)35)25-10-6-5-9-23(25)29/h2-12,15,18,22,26H,13-14,16-17H2,1H3,(H,33,36). The Hall–Kier alpha value is -3.55. The maximum Gasteiger partial charge on any atom is 0.416 e. The number of benzene rings is 3. The van der Waals surface area contributed by atoms with Gasteiger partial charge in [-0.2, -0.15) is 13.2 Å². The second kappa shape index (κ2) is 9.48. The van der Waals surface area contributed by atoms with E-state index in [0.29, 0.717) is 36.6 Å². The largest absolute Gasteiger partial charge is 0.416 e. The molecule has 0 aromatic heterocycles. The van der Waals surface area contributed by atoms with Crippen LogP contribution in [0.2, 0.25) is 0 Å². The number of amides is 1. The Bertz CT molecular complexity index is 1250. The lowest BCUT2D eigenvalue weighted by Gasteiger charge is -2.50. The zero-order valence-corrected chi connectivity index (χ0v) is 19.8. The van der Waals surface area contributed by atoms with Gasteiger partial charge in [-0.25, -0.2) is 4.39 Å². The van der Waals surface area contributed by atoms with Crippen molar-refractivity contribution in [2.75, 3.05) is 29.4 Å². The Morgan fingerprint density at radius 2 is 1.69 bits per heavy atom. The molecule has 3 unspecified atom stereocenters. The first-order valence-electron chi connectivity index (χ1n) is 12.0. The fourth-order valence-corrected chi connectivity index (χ4v) is 5.37. The number of hydrogen-bond acceptors (Lipinski definition) is 3. The van der Waals surface area contributed by atoms with Crippen molar-refractivity contribution < 1.29 is 22.4 Å². The van der Waals surface area contributed by atoms with Crippen molar-refractivity contribution in [2.45, 2.75) is 31.6 Å². The van der Waals surface area contributed by atoms with Gasteiger partial charge in [-0.1, -0.05) is 42.5 Å². The summed E-state index contributed by atoms with van der Waals surface area (Å²) in [6, 6.07) is 19.2. The first-order chi connectivity index (χ1) is 17.2. The number of carbonyl (C=O) groups is 1. The second-order valence-corrected chi connectivity index (χ2v) is 9.45. The first kappa shape index (κ1) is 24.2. The molecule has 1 saturated heterocycles. The van der Waals surface area contributed by atoms with Crippen LogP contribution in [0.3, 0.4) is 0 Å². The molecule has 4 nitrogen and oxygen atoms in total. The van der Waals surface area contributed by atoms with Gasteiger partial charge >= 0.3 is 6.18 Å². The van der Waals surface area contributed by atoms with Crippen LogP contribution in [0.15, 0.2) is 72.8 Å². The topological polar surface area (TPSA) is 35.6 Å². The van der Waals surface area contributed by atoms with Gasteiger partial charge in [0.15, 0.2) is 0 Å². The number of nitrogens with zero attached hydrogens (tertiary/aromatic N) is 2. The van der Waals surface area contributed by atoms with Gasteiger partial charge in [0.1, 0.15) is 5.82 Å². The highest BCUT2D eigenvalue weighted by atomic mass is 19.4. The average Bonchev–Trinajstić information content (AvgIpc) is 2.87. The predicted molar refractivity (Wildman–Crippen MR) is 131 cm³/mol. The molecule has 5 rings (SSSR count). The van der Waals surface area contributed by atoms with Crippen molar-refractivity contribution in [2.24, 2.45) is 5.92 Å². The molecule has 2 aliphatic heterocycles. The number of fused-ring (bicyclic) bond motifs is 3. The lowest BCUT2D eigenvalue weighted by Crippen LogP contribution is -2.61. The summed E-state index contributed by atoms with van der Waals surface area (Å²) in [7, 11) is 0. The van der Waals surface area contributed by atoms with Gasteiger partial charge in [0.05, 0.1) is 29.3 Å². The zero-order chi connectivity index (χ0) is 25.4. The second-order valence-electron chi connectivity index (χ2n) is 9.45. The Labute approximate surface area is 207 Å². The average molecular weight is 498 g/mol. The van der Waals surface area contributed by atoms with Crippen molar-refractivity contribution in [3.8, 4) is 0 Å². The molecule has 0 spiro atoms. The molecule has 188 valence electrons. The molecule has 36 heavy (non-hydrogen) atoms. The van der Waals surface area contributed by atoms with Crippen molar-refractivity contribution in [1.82, 2.24) is 5.32 Å². The highest BCUT2D eigenvalue weighted by Crippen LogP contribution is 2.40. The Balaban J connectivity index is 1.47. The minimum absolute atomic E-state index is 0.179. The zero-order valence-electron chi connectivity index (χ0n) is 19.8. The van der Waals surface area contributed by atoms with Gasteiger partial charge in [-0.3, -0.25) is 4.79 Å². The normalized spacial score (nSPS) is 20.4. The molecule has 0 aliphatic carbocycles. The maximum atomic E-state index is 14.6. The number of nitrogens with one attached hydrogen (secondary N) is 1. The molecule has 0 bridgehead atoms. The molecule has 8 heteroatoms. The van der Waals surface area contributed by atoms with Crippen LogP contribution in [-0.4, -0.2) is 31.6 Å². The van der Waals surface area contributed by atoms with Gasteiger partial charge in [0.25, 0.3) is 0 Å². The summed E-state index contributed by atoms with van der Waals surface area (Å²) in [5.41, 5.74) is 1.90. The molecule has 1 N–H and O–H groups in total. The van der Waals surface area contributed by atoms with Crippen molar-refractivity contribution in [1.29, 1.82) is 0 Å². The molecule has 3 aromatic carbocycles. The molecular weight excluding hydrogens is 470 g/mol. The van der Waals surface area contributed by atoms with Crippen LogP contribution in [0.4, 0.5) is 28.9 Å². The summed E-state index contributed by atoms with van der Waals surface area (Å²) in [5, 5.41) is 3.06. The van der Waals surface area contributed by atoms with Crippen LogP contribution < -0.4 is 15.1 Å². The fourth-order valence-electron chi connectivity index (χ4n) is 5.37. The smallest absolute Gasteiger partial charge is 0.365 e. The van der Waals surface area contributed by atoms with Crippen LogP contribution in [-0.2, 0) is 17.4 Å². The molecule has 2 heterocycles. The number of piperazine rings is 1. The van der Waals surface area contributed by atoms with Crippen molar-refractivity contribution in [3.63, 3.8) is 0 Å². The minimum atomic E-state index is -4.46. The highest BCUT2D eigenvalue weighted by Gasteiger charge is 2.43. The van der Waals surface area contributed by atoms with E-state index in [1.165, 1.54) is 12.1 Å². The third-order valence-electron chi connectivity index (χ3n) is 7.23. The van der Waals surface area contributed by atoms with E-state index in [-0.39, 0.29) is 30.2 Å². The molecular formula is C28H27F4N3O. The van der Waals surface area contributed by atoms with E-state index in [4.69, 9.17) is 0 Å². The van der Waals surface area contributed by atoms with E-state index in [0.717, 1.165) is 17.7 Å². The van der Waals surface area contributed by atoms with Crippen molar-refractivity contribution >= 4 is 17.3 Å². The van der Waals surface area contributed by atoms with Crippen LogP contribution in [0, 0.1) is 11.7 Å². The number of para-hydroxylation sites is 1. The monoisotopic (exact) mass is 497 g/mol. The van der Waals surface area contributed by atoms with E-state index in [1.54, 1.807) is 18.2 Å². The maximum absolute atomic E-state index is 14.6. The van der Waals surface area contributed by atoms with E-state index in [9.17, 15) is 22.4 Å². The first-order valence-corrected chi connectivity index (χ1v) is 12.0. The summed E-state index contributed by atoms with van der Waals surface area (Å²) in [4.78, 5) is 17.5. The van der Waals surface area contributed by atoms with Crippen molar-refractivity contribution in [3.05, 3.63) is 95.3 Å². The number of halogens is 4. The molecule has 2 aliphatic rings. The summed E-state index contributed by atoms with van der Waals surface area (Å²) >= 11 is 0. The number of hydrogen-bond donors (Lipinski definition) is 1. The molecule has 1 amide bonds. The molecule has 3 atom stereocenters. The van der Waals surface area contributed by atoms with Gasteiger partial charge in [0, 0.05) is 25.3 Å². The fraction of sp³-hybridized carbons (Fsp3) is 0.321. The van der Waals surface area contributed by atoms with Crippen LogP contribution in [0.25, 0.3) is 0 Å². The highest BCUT2D eigenvalue weighted by molar-refractivity contribution is 5.83. The molecule has 3 aromatic rings. The lowest BCUT2D eigenvalue weighted by atomic mass is 9.82. The van der Waals surface area contributed by atoms with Crippen LogP contribution in [0.1, 0.15) is 29.7 Å².